The van der Waals surface area contributed by atoms with E-state index in [0.717, 1.165) is 22.9 Å². The van der Waals surface area contributed by atoms with Gasteiger partial charge in [-0.05, 0) is 32.1 Å². The van der Waals surface area contributed by atoms with E-state index in [0.29, 0.717) is 0 Å². The fourth-order valence-corrected chi connectivity index (χ4v) is 1.76. The fraction of sp³-hybridized carbons (Fsp3) is 0.231. The summed E-state index contributed by atoms with van der Waals surface area (Å²) in [5.74, 6) is 0.909. The summed E-state index contributed by atoms with van der Waals surface area (Å²) in [5.41, 5.74) is 3.06. The van der Waals surface area contributed by atoms with Gasteiger partial charge in [0.05, 0.1) is 11.4 Å². The first-order valence-corrected chi connectivity index (χ1v) is 5.31. The molecular formula is C13H15N3. The third-order valence-electron chi connectivity index (χ3n) is 2.54. The minimum absolute atomic E-state index is 0.906. The van der Waals surface area contributed by atoms with E-state index in [1.54, 1.807) is 6.20 Å². The van der Waals surface area contributed by atoms with Crippen molar-refractivity contribution in [1.82, 2.24) is 14.5 Å². The van der Waals surface area contributed by atoms with Crippen LogP contribution in [0.1, 0.15) is 18.3 Å². The topological polar surface area (TPSA) is 30.7 Å². The molecule has 0 bridgehead atoms. The summed E-state index contributed by atoms with van der Waals surface area (Å²) in [5, 5.41) is 0. The third kappa shape index (κ3) is 1.76. The second-order valence-electron chi connectivity index (χ2n) is 3.68. The van der Waals surface area contributed by atoms with Gasteiger partial charge in [-0.3, -0.25) is 4.98 Å². The van der Waals surface area contributed by atoms with Gasteiger partial charge in [-0.25, -0.2) is 4.98 Å². The number of allylic oxidation sites excluding steroid dienone is 1. The summed E-state index contributed by atoms with van der Waals surface area (Å²) in [7, 11) is 2.01. The quantitative estimate of drug-likeness (QED) is 0.768. The van der Waals surface area contributed by atoms with Gasteiger partial charge in [-0.1, -0.05) is 12.1 Å². The molecule has 0 fully saturated rings. The van der Waals surface area contributed by atoms with E-state index >= 15 is 0 Å². The van der Waals surface area contributed by atoms with Crippen molar-refractivity contribution in [3.8, 4) is 11.5 Å². The first kappa shape index (κ1) is 10.6. The molecule has 0 saturated carbocycles. The Morgan fingerprint density at radius 1 is 1.31 bits per heavy atom. The smallest absolute Gasteiger partial charge is 0.159 e. The normalized spacial score (nSPS) is 11.2. The summed E-state index contributed by atoms with van der Waals surface area (Å²) < 4.78 is 2.07. The Morgan fingerprint density at radius 2 is 2.12 bits per heavy atom. The van der Waals surface area contributed by atoms with Crippen LogP contribution in [0.4, 0.5) is 0 Å². The van der Waals surface area contributed by atoms with Gasteiger partial charge in [0.1, 0.15) is 5.69 Å². The highest BCUT2D eigenvalue weighted by Crippen LogP contribution is 2.19. The van der Waals surface area contributed by atoms with Crippen LogP contribution in [-0.4, -0.2) is 14.5 Å². The Balaban J connectivity index is 2.56. The van der Waals surface area contributed by atoms with Crippen molar-refractivity contribution >= 4 is 6.08 Å². The molecule has 3 heteroatoms. The van der Waals surface area contributed by atoms with Crippen LogP contribution in [0.3, 0.4) is 0 Å². The van der Waals surface area contributed by atoms with E-state index in [1.807, 2.05) is 45.2 Å². The number of hydrogen-bond acceptors (Lipinski definition) is 2. The molecule has 82 valence electrons. The summed E-state index contributed by atoms with van der Waals surface area (Å²) >= 11 is 0. The first-order valence-electron chi connectivity index (χ1n) is 5.31. The number of imidazole rings is 1. The highest BCUT2D eigenvalue weighted by molar-refractivity contribution is 5.57. The number of hydrogen-bond donors (Lipinski definition) is 0. The summed E-state index contributed by atoms with van der Waals surface area (Å²) in [4.78, 5) is 8.87. The van der Waals surface area contributed by atoms with Gasteiger partial charge in [-0.2, -0.15) is 0 Å². The van der Waals surface area contributed by atoms with Crippen LogP contribution in [0.25, 0.3) is 17.6 Å². The van der Waals surface area contributed by atoms with Gasteiger partial charge < -0.3 is 4.57 Å². The highest BCUT2D eigenvalue weighted by atomic mass is 15.1. The minimum Gasteiger partial charge on any atom is -0.326 e. The standard InChI is InChI=1S/C13H15N3/c1-4-7-12-10(2)15-13(16(12)3)11-8-5-6-9-14-11/h4-9H,1-3H3/b7-4-. The van der Waals surface area contributed by atoms with Crippen molar-refractivity contribution in [2.45, 2.75) is 13.8 Å². The van der Waals surface area contributed by atoms with Gasteiger partial charge in [-0.15, -0.1) is 0 Å². The van der Waals surface area contributed by atoms with Crippen LogP contribution in [0, 0.1) is 6.92 Å². The Morgan fingerprint density at radius 3 is 2.75 bits per heavy atom. The fourth-order valence-electron chi connectivity index (χ4n) is 1.76. The van der Waals surface area contributed by atoms with Crippen LogP contribution in [-0.2, 0) is 7.05 Å². The molecule has 2 aromatic heterocycles. The predicted molar refractivity (Wildman–Crippen MR) is 65.9 cm³/mol. The predicted octanol–water partition coefficient (Wildman–Crippen LogP) is 2.82. The average molecular weight is 213 g/mol. The lowest BCUT2D eigenvalue weighted by Gasteiger charge is -2.02. The average Bonchev–Trinajstić information content (AvgIpc) is 2.59. The monoisotopic (exact) mass is 213 g/mol. The maximum atomic E-state index is 4.55. The molecule has 2 aromatic rings. The molecule has 0 N–H and O–H groups in total. The summed E-state index contributed by atoms with van der Waals surface area (Å²) in [6.45, 7) is 4.02. The number of aromatic nitrogens is 3. The zero-order valence-electron chi connectivity index (χ0n) is 9.81. The van der Waals surface area contributed by atoms with Gasteiger partial charge in [0.25, 0.3) is 0 Å². The van der Waals surface area contributed by atoms with E-state index in [1.165, 1.54) is 0 Å². The molecule has 2 rings (SSSR count). The Kier molecular flexibility index (Phi) is 2.86. The van der Waals surface area contributed by atoms with E-state index < -0.39 is 0 Å². The van der Waals surface area contributed by atoms with Crippen molar-refractivity contribution in [3.05, 3.63) is 41.9 Å². The second kappa shape index (κ2) is 4.31. The van der Waals surface area contributed by atoms with Crippen molar-refractivity contribution in [2.75, 3.05) is 0 Å². The van der Waals surface area contributed by atoms with Crippen molar-refractivity contribution in [3.63, 3.8) is 0 Å². The van der Waals surface area contributed by atoms with E-state index in [2.05, 4.69) is 20.6 Å². The first-order chi connectivity index (χ1) is 7.74. The molecule has 0 saturated heterocycles. The molecular weight excluding hydrogens is 198 g/mol. The molecule has 3 nitrogen and oxygen atoms in total. The zero-order valence-corrected chi connectivity index (χ0v) is 9.81. The van der Waals surface area contributed by atoms with E-state index in [-0.39, 0.29) is 0 Å². The Bertz CT molecular complexity index is 509. The molecule has 0 radical (unpaired) electrons. The van der Waals surface area contributed by atoms with Crippen LogP contribution in [0.15, 0.2) is 30.5 Å². The molecule has 0 aliphatic carbocycles. The highest BCUT2D eigenvalue weighted by Gasteiger charge is 2.11. The molecule has 0 aliphatic rings. The largest absolute Gasteiger partial charge is 0.326 e. The molecule has 0 amide bonds. The minimum atomic E-state index is 0.906. The van der Waals surface area contributed by atoms with Crippen LogP contribution >= 0.6 is 0 Å². The van der Waals surface area contributed by atoms with Crippen molar-refractivity contribution in [1.29, 1.82) is 0 Å². The summed E-state index contributed by atoms with van der Waals surface area (Å²) in [6, 6.07) is 5.86. The molecule has 0 atom stereocenters. The molecule has 0 unspecified atom stereocenters. The molecule has 0 aromatic carbocycles. The van der Waals surface area contributed by atoms with Gasteiger partial charge in [0.15, 0.2) is 5.82 Å². The SMILES string of the molecule is C/C=C\c1c(C)nc(-c2ccccn2)n1C. The van der Waals surface area contributed by atoms with E-state index in [4.69, 9.17) is 0 Å². The molecule has 0 aliphatic heterocycles. The van der Waals surface area contributed by atoms with Crippen LogP contribution in [0.2, 0.25) is 0 Å². The number of pyridine rings is 1. The third-order valence-corrected chi connectivity index (χ3v) is 2.54. The maximum Gasteiger partial charge on any atom is 0.159 e. The van der Waals surface area contributed by atoms with E-state index in [9.17, 15) is 0 Å². The Labute approximate surface area is 95.5 Å². The van der Waals surface area contributed by atoms with Crippen molar-refractivity contribution < 1.29 is 0 Å². The zero-order chi connectivity index (χ0) is 11.5. The van der Waals surface area contributed by atoms with Crippen molar-refractivity contribution in [2.24, 2.45) is 7.05 Å². The number of aryl methyl sites for hydroxylation is 1. The molecule has 16 heavy (non-hydrogen) atoms. The lowest BCUT2D eigenvalue weighted by atomic mass is 10.3. The van der Waals surface area contributed by atoms with Crippen LogP contribution in [0.5, 0.6) is 0 Å². The molecule has 0 spiro atoms. The number of nitrogens with zero attached hydrogens (tertiary/aromatic N) is 3. The lowest BCUT2D eigenvalue weighted by Crippen LogP contribution is -1.96. The Hall–Kier alpha value is -1.90. The van der Waals surface area contributed by atoms with Crippen LogP contribution < -0.4 is 0 Å². The maximum absolute atomic E-state index is 4.55. The van der Waals surface area contributed by atoms with Gasteiger partial charge in [0, 0.05) is 13.2 Å². The second-order valence-corrected chi connectivity index (χ2v) is 3.68. The summed E-state index contributed by atoms with van der Waals surface area (Å²) in [6.07, 6.45) is 5.87. The van der Waals surface area contributed by atoms with Gasteiger partial charge >= 0.3 is 0 Å². The lowest BCUT2D eigenvalue weighted by molar-refractivity contribution is 0.905. The number of rotatable bonds is 2. The molecule has 2 heterocycles. The van der Waals surface area contributed by atoms with Gasteiger partial charge in [0.2, 0.25) is 0 Å².